The summed E-state index contributed by atoms with van der Waals surface area (Å²) in [5, 5.41) is 41.5. The van der Waals surface area contributed by atoms with E-state index in [9.17, 15) is 9.59 Å². The summed E-state index contributed by atoms with van der Waals surface area (Å²) in [5.74, 6) is -0.550. The summed E-state index contributed by atoms with van der Waals surface area (Å²) in [6, 6.07) is -1.09. The number of urea groups is 1. The number of hydrogen-bond acceptors (Lipinski definition) is 8. The van der Waals surface area contributed by atoms with Gasteiger partial charge in [0.15, 0.2) is 0 Å². The Bertz CT molecular complexity index is 403. The van der Waals surface area contributed by atoms with E-state index in [1.54, 1.807) is 6.92 Å². The third-order valence-electron chi connectivity index (χ3n) is 4.05. The molecule has 0 rings (SSSR count). The maximum absolute atomic E-state index is 12.0. The largest absolute Gasteiger partial charge is 0.394 e. The molecule has 11 heteroatoms. The van der Waals surface area contributed by atoms with Gasteiger partial charge in [-0.1, -0.05) is 13.3 Å². The van der Waals surface area contributed by atoms with Gasteiger partial charge < -0.3 is 46.3 Å². The molecule has 0 aliphatic rings. The molecule has 0 aromatic heterocycles. The Hall–Kier alpha value is -1.50. The van der Waals surface area contributed by atoms with Crippen LogP contribution in [-0.2, 0) is 14.3 Å². The lowest BCUT2D eigenvalue weighted by atomic mass is 10.0. The topological polar surface area (TPSA) is 184 Å². The molecule has 11 nitrogen and oxygen atoms in total. The first-order chi connectivity index (χ1) is 13.4. The summed E-state index contributed by atoms with van der Waals surface area (Å²) < 4.78 is 10.6. The van der Waals surface area contributed by atoms with Crippen molar-refractivity contribution in [3.63, 3.8) is 0 Å². The van der Waals surface area contributed by atoms with Crippen molar-refractivity contribution in [1.29, 1.82) is 0 Å². The molecule has 0 aliphatic heterocycles. The van der Waals surface area contributed by atoms with E-state index >= 15 is 0 Å². The second-order valence-corrected chi connectivity index (χ2v) is 6.54. The Balaban J connectivity index is 4.33. The Morgan fingerprint density at radius 1 is 0.929 bits per heavy atom. The predicted molar refractivity (Wildman–Crippen MR) is 100 cm³/mol. The van der Waals surface area contributed by atoms with E-state index < -0.39 is 24.3 Å². The first-order valence-corrected chi connectivity index (χ1v) is 9.38. The fourth-order valence-corrected chi connectivity index (χ4v) is 2.12. The van der Waals surface area contributed by atoms with Gasteiger partial charge in [-0.05, 0) is 12.8 Å². The SMILES string of the molecule is C[C@H](CCCCNC(=O)NC(COC(CO)CO)COC(CO)CO)C(N)=O. The summed E-state index contributed by atoms with van der Waals surface area (Å²) in [7, 11) is 0. The highest BCUT2D eigenvalue weighted by atomic mass is 16.5. The predicted octanol–water partition coefficient (Wildman–Crippen LogP) is -2.31. The lowest BCUT2D eigenvalue weighted by Gasteiger charge is -2.23. The number of amides is 3. The van der Waals surface area contributed by atoms with Crippen molar-refractivity contribution < 1.29 is 39.5 Å². The number of ether oxygens (including phenoxy) is 2. The summed E-state index contributed by atoms with van der Waals surface area (Å²) in [5.41, 5.74) is 5.19. The van der Waals surface area contributed by atoms with Crippen LogP contribution in [0.3, 0.4) is 0 Å². The van der Waals surface area contributed by atoms with Gasteiger partial charge >= 0.3 is 6.03 Å². The fourth-order valence-electron chi connectivity index (χ4n) is 2.12. The van der Waals surface area contributed by atoms with Crippen molar-refractivity contribution in [1.82, 2.24) is 10.6 Å². The molecule has 0 saturated heterocycles. The molecule has 0 radical (unpaired) electrons. The molecule has 0 bridgehead atoms. The first-order valence-electron chi connectivity index (χ1n) is 9.38. The third kappa shape index (κ3) is 12.8. The van der Waals surface area contributed by atoms with Crippen molar-refractivity contribution in [3.05, 3.63) is 0 Å². The molecule has 1 atom stereocenters. The average molecular weight is 409 g/mol. The van der Waals surface area contributed by atoms with Gasteiger partial charge in [0.25, 0.3) is 0 Å². The zero-order valence-corrected chi connectivity index (χ0v) is 16.4. The van der Waals surface area contributed by atoms with Crippen LogP contribution in [0.5, 0.6) is 0 Å². The highest BCUT2D eigenvalue weighted by Crippen LogP contribution is 2.06. The van der Waals surface area contributed by atoms with Gasteiger partial charge in [0, 0.05) is 12.5 Å². The Morgan fingerprint density at radius 3 is 1.86 bits per heavy atom. The average Bonchev–Trinajstić information content (AvgIpc) is 2.68. The van der Waals surface area contributed by atoms with E-state index in [2.05, 4.69) is 10.6 Å². The summed E-state index contributed by atoms with van der Waals surface area (Å²) in [6.07, 6.45) is 0.494. The number of primary amides is 1. The number of rotatable bonds is 17. The number of unbranched alkanes of at least 4 members (excludes halogenated alkanes) is 1. The second kappa shape index (κ2) is 16.5. The van der Waals surface area contributed by atoms with Crippen molar-refractivity contribution >= 4 is 11.9 Å². The van der Waals surface area contributed by atoms with E-state index in [0.29, 0.717) is 19.4 Å². The molecule has 28 heavy (non-hydrogen) atoms. The van der Waals surface area contributed by atoms with Crippen molar-refractivity contribution in [3.8, 4) is 0 Å². The van der Waals surface area contributed by atoms with Gasteiger partial charge in [-0.15, -0.1) is 0 Å². The Labute approximate surface area is 165 Å². The zero-order chi connectivity index (χ0) is 21.4. The molecule has 0 aromatic rings. The molecule has 0 aliphatic carbocycles. The first kappa shape index (κ1) is 26.5. The molecule has 0 heterocycles. The van der Waals surface area contributed by atoms with Crippen molar-refractivity contribution in [2.24, 2.45) is 11.7 Å². The number of aliphatic hydroxyl groups excluding tert-OH is 4. The van der Waals surface area contributed by atoms with Crippen LogP contribution in [0, 0.1) is 5.92 Å². The molecule has 0 unspecified atom stereocenters. The smallest absolute Gasteiger partial charge is 0.315 e. The number of nitrogens with one attached hydrogen (secondary N) is 2. The molecule has 8 N–H and O–H groups in total. The highest BCUT2D eigenvalue weighted by molar-refractivity contribution is 5.76. The van der Waals surface area contributed by atoms with E-state index in [1.165, 1.54) is 0 Å². The van der Waals surface area contributed by atoms with Crippen LogP contribution in [0.1, 0.15) is 26.2 Å². The standard InChI is InChI=1S/C17H35N3O8/c1-12(16(18)25)4-2-3-5-19-17(26)20-13(10-27-14(6-21)7-22)11-28-15(8-23)9-24/h12-15,21-24H,2-11H2,1H3,(H2,18,25)(H2,19,20,26)/t12-/m1/s1. The van der Waals surface area contributed by atoms with E-state index in [-0.39, 0.29) is 51.5 Å². The van der Waals surface area contributed by atoms with Crippen LogP contribution >= 0.6 is 0 Å². The minimum absolute atomic E-state index is 0.0427. The molecule has 0 fully saturated rings. The van der Waals surface area contributed by atoms with Crippen LogP contribution in [0.15, 0.2) is 0 Å². The van der Waals surface area contributed by atoms with E-state index in [4.69, 9.17) is 35.6 Å². The third-order valence-corrected chi connectivity index (χ3v) is 4.05. The van der Waals surface area contributed by atoms with Crippen LogP contribution < -0.4 is 16.4 Å². The van der Waals surface area contributed by atoms with Crippen molar-refractivity contribution in [2.75, 3.05) is 46.2 Å². The zero-order valence-electron chi connectivity index (χ0n) is 16.4. The van der Waals surface area contributed by atoms with Crippen LogP contribution in [0.2, 0.25) is 0 Å². The maximum Gasteiger partial charge on any atom is 0.315 e. The van der Waals surface area contributed by atoms with Gasteiger partial charge in [0.1, 0.15) is 12.2 Å². The normalized spacial score (nSPS) is 12.6. The van der Waals surface area contributed by atoms with Gasteiger partial charge in [0.2, 0.25) is 5.91 Å². The summed E-state index contributed by atoms with van der Waals surface area (Å²) in [4.78, 5) is 23.0. The van der Waals surface area contributed by atoms with E-state index in [0.717, 1.165) is 6.42 Å². The number of carbonyl (C=O) groups is 2. The highest BCUT2D eigenvalue weighted by Gasteiger charge is 2.18. The lowest BCUT2D eigenvalue weighted by Crippen LogP contribution is -2.48. The second-order valence-electron chi connectivity index (χ2n) is 6.54. The molecule has 166 valence electrons. The van der Waals surface area contributed by atoms with E-state index in [1.807, 2.05) is 0 Å². The quantitative estimate of drug-likeness (QED) is 0.131. The minimum atomic E-state index is -0.786. The Kier molecular flexibility index (Phi) is 15.6. The van der Waals surface area contributed by atoms with Gasteiger partial charge in [-0.25, -0.2) is 4.79 Å². The molecule has 3 amide bonds. The number of aliphatic hydroxyl groups is 4. The number of hydrogen-bond donors (Lipinski definition) is 7. The molecule has 0 spiro atoms. The summed E-state index contributed by atoms with van der Waals surface area (Å²) in [6.45, 7) is 0.554. The van der Waals surface area contributed by atoms with Crippen LogP contribution in [-0.4, -0.2) is 96.8 Å². The lowest BCUT2D eigenvalue weighted by molar-refractivity contribution is -0.121. The minimum Gasteiger partial charge on any atom is -0.394 e. The number of carbonyl (C=O) groups excluding carboxylic acids is 2. The van der Waals surface area contributed by atoms with Crippen LogP contribution in [0.25, 0.3) is 0 Å². The molecule has 0 saturated carbocycles. The molecular formula is C17H35N3O8. The van der Waals surface area contributed by atoms with Gasteiger partial charge in [-0.3, -0.25) is 4.79 Å². The number of nitrogens with two attached hydrogens (primary N) is 1. The molecular weight excluding hydrogens is 374 g/mol. The Morgan fingerprint density at radius 2 is 1.43 bits per heavy atom. The van der Waals surface area contributed by atoms with Crippen LogP contribution in [0.4, 0.5) is 4.79 Å². The fraction of sp³-hybridized carbons (Fsp3) is 0.882. The summed E-state index contributed by atoms with van der Waals surface area (Å²) >= 11 is 0. The maximum atomic E-state index is 12.0. The van der Waals surface area contributed by atoms with Crippen molar-refractivity contribution in [2.45, 2.75) is 44.4 Å². The van der Waals surface area contributed by atoms with Gasteiger partial charge in [0.05, 0.1) is 45.7 Å². The monoisotopic (exact) mass is 409 g/mol. The van der Waals surface area contributed by atoms with Gasteiger partial charge in [-0.2, -0.15) is 0 Å². The molecule has 0 aromatic carbocycles.